The molecule has 13 heteroatoms. The fourth-order valence-corrected chi connectivity index (χ4v) is 6.07. The van der Waals surface area contributed by atoms with Crippen molar-refractivity contribution in [1.82, 2.24) is 34.5 Å². The van der Waals surface area contributed by atoms with Crippen LogP contribution in [0.2, 0.25) is 0 Å². The number of methoxy groups -OCH3 is 1. The lowest BCUT2D eigenvalue weighted by atomic mass is 10.1. The highest BCUT2D eigenvalue weighted by Gasteiger charge is 2.34. The minimum absolute atomic E-state index is 0.125. The van der Waals surface area contributed by atoms with Crippen molar-refractivity contribution in [3.63, 3.8) is 0 Å². The van der Waals surface area contributed by atoms with Crippen LogP contribution in [0.3, 0.4) is 0 Å². The molecule has 0 amide bonds. The van der Waals surface area contributed by atoms with Crippen LogP contribution in [0.15, 0.2) is 40.5 Å². The van der Waals surface area contributed by atoms with Gasteiger partial charge >= 0.3 is 0 Å². The Morgan fingerprint density at radius 3 is 2.71 bits per heavy atom. The second-order valence-electron chi connectivity index (χ2n) is 10.2. The first-order valence-corrected chi connectivity index (χ1v) is 15.0. The fraction of sp³-hybridized carbons (Fsp3) is 0.429. The number of aromatic nitrogens is 7. The van der Waals surface area contributed by atoms with Crippen molar-refractivity contribution in [3.05, 3.63) is 52.6 Å². The van der Waals surface area contributed by atoms with E-state index in [1.54, 1.807) is 36.2 Å². The van der Waals surface area contributed by atoms with E-state index in [-0.39, 0.29) is 35.8 Å². The summed E-state index contributed by atoms with van der Waals surface area (Å²) in [5.41, 5.74) is 2.52. The number of hydrogen-bond acceptors (Lipinski definition) is 11. The molecule has 0 aliphatic heterocycles. The van der Waals surface area contributed by atoms with E-state index >= 15 is 0 Å². The van der Waals surface area contributed by atoms with Gasteiger partial charge in [0, 0.05) is 5.92 Å². The van der Waals surface area contributed by atoms with Gasteiger partial charge in [-0.1, -0.05) is 0 Å². The molecular formula is C28H29N9O3S. The molecule has 4 aromatic rings. The van der Waals surface area contributed by atoms with Gasteiger partial charge in [0.15, 0.2) is 22.2 Å². The molecule has 3 atom stereocenters. The van der Waals surface area contributed by atoms with Crippen LogP contribution in [-0.2, 0) is 17.7 Å². The van der Waals surface area contributed by atoms with E-state index in [1.807, 2.05) is 6.92 Å². The Hall–Kier alpha value is -4.15. The van der Waals surface area contributed by atoms with Crippen LogP contribution >= 0.6 is 0 Å². The summed E-state index contributed by atoms with van der Waals surface area (Å²) in [5.74, 6) is 1.33. The standard InChI is InChI=1S/C28H29N9O3S/c1-3-41(39)19-10-9-18(30-13-19)12-31-25-28(38)37(21-6-4-5-17(21)11-29)26-20(35-25)14-32-24(36-26)22-23(16-7-8-16)33-15-34-27(22)40-2/h9-10,13-17,21H,3-8,12H2,1-2H3,(H,31,35). The highest BCUT2D eigenvalue weighted by molar-refractivity contribution is 7.91. The van der Waals surface area contributed by atoms with Crippen molar-refractivity contribution in [2.24, 2.45) is 5.92 Å². The summed E-state index contributed by atoms with van der Waals surface area (Å²) in [5, 5.41) is 13.0. The zero-order valence-corrected chi connectivity index (χ0v) is 23.6. The Morgan fingerprint density at radius 1 is 1.15 bits per heavy atom. The molecular weight excluding hydrogens is 542 g/mol. The second-order valence-corrected chi connectivity index (χ2v) is 11.9. The maximum atomic E-state index is 13.9. The largest absolute Gasteiger partial charge is 0.611 e. The average Bonchev–Trinajstić information content (AvgIpc) is 3.76. The monoisotopic (exact) mass is 571 g/mol. The van der Waals surface area contributed by atoms with E-state index in [1.165, 1.54) is 6.33 Å². The lowest BCUT2D eigenvalue weighted by Gasteiger charge is -2.20. The Balaban J connectivity index is 1.43. The van der Waals surface area contributed by atoms with Crippen LogP contribution in [0.5, 0.6) is 5.88 Å². The van der Waals surface area contributed by atoms with Gasteiger partial charge in [-0.3, -0.25) is 14.3 Å². The van der Waals surface area contributed by atoms with E-state index in [2.05, 4.69) is 36.3 Å². The lowest BCUT2D eigenvalue weighted by Crippen LogP contribution is -2.31. The van der Waals surface area contributed by atoms with Crippen LogP contribution in [0.1, 0.15) is 62.4 Å². The van der Waals surface area contributed by atoms with Gasteiger partial charge in [-0.25, -0.2) is 24.9 Å². The lowest BCUT2D eigenvalue weighted by molar-refractivity contribution is 0.397. The summed E-state index contributed by atoms with van der Waals surface area (Å²) in [7, 11) is 1.54. The molecule has 0 spiro atoms. The van der Waals surface area contributed by atoms with Crippen molar-refractivity contribution in [3.8, 4) is 23.3 Å². The molecule has 2 aliphatic rings. The molecule has 210 valence electrons. The maximum Gasteiger partial charge on any atom is 0.295 e. The van der Waals surface area contributed by atoms with Crippen molar-refractivity contribution < 1.29 is 9.29 Å². The van der Waals surface area contributed by atoms with Crippen LogP contribution < -0.4 is 15.6 Å². The highest BCUT2D eigenvalue weighted by Crippen LogP contribution is 2.45. The summed E-state index contributed by atoms with van der Waals surface area (Å²) in [4.78, 5) is 41.8. The van der Waals surface area contributed by atoms with E-state index in [0.717, 1.165) is 25.0 Å². The van der Waals surface area contributed by atoms with Crippen molar-refractivity contribution in [2.75, 3.05) is 18.2 Å². The third-order valence-corrected chi connectivity index (χ3v) is 8.88. The van der Waals surface area contributed by atoms with Gasteiger partial charge in [-0.2, -0.15) is 5.26 Å². The van der Waals surface area contributed by atoms with Gasteiger partial charge < -0.3 is 14.6 Å². The topological polar surface area (TPSA) is 167 Å². The van der Waals surface area contributed by atoms with Crippen molar-refractivity contribution in [1.29, 1.82) is 5.26 Å². The molecule has 4 aromatic heterocycles. The smallest absolute Gasteiger partial charge is 0.295 e. The number of fused-ring (bicyclic) bond motifs is 1. The molecule has 2 aliphatic carbocycles. The Bertz CT molecular complexity index is 1680. The number of rotatable bonds is 9. The molecule has 4 heterocycles. The molecule has 2 fully saturated rings. The first-order chi connectivity index (χ1) is 20.0. The number of anilines is 1. The SMILES string of the molecule is CC[S+]([O-])c1ccc(CNc2nc3cnc(-c4c(OC)ncnc4C4CC4)nc3n(C3CCCC3C#N)c2=O)nc1. The van der Waals surface area contributed by atoms with Gasteiger partial charge in [0.05, 0.1) is 55.5 Å². The summed E-state index contributed by atoms with van der Waals surface area (Å²) in [6.07, 6.45) is 8.91. The molecule has 6 rings (SSSR count). The predicted octanol–water partition coefficient (Wildman–Crippen LogP) is 3.53. The molecule has 0 radical (unpaired) electrons. The maximum absolute atomic E-state index is 13.9. The van der Waals surface area contributed by atoms with Crippen LogP contribution in [0.25, 0.3) is 22.6 Å². The number of nitrogens with one attached hydrogen (secondary N) is 1. The van der Waals surface area contributed by atoms with Crippen molar-refractivity contribution >= 4 is 28.2 Å². The molecule has 0 saturated heterocycles. The quantitative estimate of drug-likeness (QED) is 0.292. The molecule has 2 saturated carbocycles. The van der Waals surface area contributed by atoms with Gasteiger partial charge in [-0.05, 0) is 62.3 Å². The zero-order valence-electron chi connectivity index (χ0n) is 22.8. The molecule has 1 N–H and O–H groups in total. The third-order valence-electron chi connectivity index (χ3n) is 7.59. The Kier molecular flexibility index (Phi) is 7.51. The molecule has 0 aromatic carbocycles. The van der Waals surface area contributed by atoms with E-state index in [0.29, 0.717) is 57.6 Å². The van der Waals surface area contributed by atoms with Gasteiger partial charge in [0.25, 0.3) is 5.56 Å². The van der Waals surface area contributed by atoms with Gasteiger partial charge in [-0.15, -0.1) is 0 Å². The molecule has 3 unspecified atom stereocenters. The second kappa shape index (κ2) is 11.4. The van der Waals surface area contributed by atoms with Gasteiger partial charge in [0.2, 0.25) is 5.88 Å². The summed E-state index contributed by atoms with van der Waals surface area (Å²) < 4.78 is 19.2. The van der Waals surface area contributed by atoms with Crippen LogP contribution in [0, 0.1) is 17.2 Å². The molecule has 41 heavy (non-hydrogen) atoms. The van der Waals surface area contributed by atoms with Crippen LogP contribution in [-0.4, -0.2) is 51.9 Å². The zero-order chi connectivity index (χ0) is 28.5. The Labute approximate surface area is 239 Å². The fourth-order valence-electron chi connectivity index (χ4n) is 5.35. The third kappa shape index (κ3) is 5.20. The molecule has 0 bridgehead atoms. The van der Waals surface area contributed by atoms with Gasteiger partial charge in [0.1, 0.15) is 23.2 Å². The minimum Gasteiger partial charge on any atom is -0.611 e. The number of nitriles is 1. The minimum atomic E-state index is -1.09. The summed E-state index contributed by atoms with van der Waals surface area (Å²) in [6, 6.07) is 5.59. The number of ether oxygens (including phenoxy) is 1. The molecule has 12 nitrogen and oxygen atoms in total. The van der Waals surface area contributed by atoms with E-state index in [9.17, 15) is 14.6 Å². The summed E-state index contributed by atoms with van der Waals surface area (Å²) >= 11 is -1.09. The Morgan fingerprint density at radius 2 is 2.00 bits per heavy atom. The number of hydrogen-bond donors (Lipinski definition) is 1. The van der Waals surface area contributed by atoms with Crippen molar-refractivity contribution in [2.45, 2.75) is 62.4 Å². The van der Waals surface area contributed by atoms with E-state index in [4.69, 9.17) is 9.72 Å². The number of nitrogens with zero attached hydrogens (tertiary/aromatic N) is 8. The number of pyridine rings is 1. The normalized spacial score (nSPS) is 19.2. The summed E-state index contributed by atoms with van der Waals surface area (Å²) in [6.45, 7) is 2.09. The highest BCUT2D eigenvalue weighted by atomic mass is 32.2. The van der Waals surface area contributed by atoms with Crippen LogP contribution in [0.4, 0.5) is 5.82 Å². The van der Waals surface area contributed by atoms with E-state index < -0.39 is 11.2 Å². The first kappa shape index (κ1) is 27.0. The average molecular weight is 572 g/mol. The predicted molar refractivity (Wildman–Crippen MR) is 152 cm³/mol. The first-order valence-electron chi connectivity index (χ1n) is 13.7.